The second-order valence-electron chi connectivity index (χ2n) is 2.93. The molecule has 4 heteroatoms. The summed E-state index contributed by atoms with van der Waals surface area (Å²) in [5.41, 5.74) is 6.53. The van der Waals surface area contributed by atoms with Gasteiger partial charge in [-0.05, 0) is 6.42 Å². The first-order chi connectivity index (χ1) is 5.86. The Balaban J connectivity index is 2.21. The summed E-state index contributed by atoms with van der Waals surface area (Å²) in [4.78, 5) is 7.99. The Morgan fingerprint density at radius 1 is 1.50 bits per heavy atom. The monoisotopic (exact) mass is 165 g/mol. The van der Waals surface area contributed by atoms with Gasteiger partial charge < -0.3 is 10.5 Å². The van der Waals surface area contributed by atoms with Crippen LogP contribution < -0.4 is 5.73 Å². The summed E-state index contributed by atoms with van der Waals surface area (Å²) in [5, 5.41) is 0. The van der Waals surface area contributed by atoms with Crippen molar-refractivity contribution in [3.63, 3.8) is 0 Å². The van der Waals surface area contributed by atoms with Crippen molar-refractivity contribution in [1.82, 2.24) is 9.97 Å². The fraction of sp³-hybridized carbons (Fsp3) is 0.500. The molecule has 1 saturated heterocycles. The minimum atomic E-state index is 0.412. The van der Waals surface area contributed by atoms with Gasteiger partial charge >= 0.3 is 0 Å². The largest absolute Gasteiger partial charge is 0.384 e. The first kappa shape index (κ1) is 7.49. The summed E-state index contributed by atoms with van der Waals surface area (Å²) in [6.45, 7) is 1.59. The van der Waals surface area contributed by atoms with Gasteiger partial charge in [0.15, 0.2) is 0 Å². The van der Waals surface area contributed by atoms with E-state index in [1.165, 1.54) is 6.33 Å². The van der Waals surface area contributed by atoms with Crippen LogP contribution >= 0.6 is 0 Å². The molecule has 0 aliphatic carbocycles. The van der Waals surface area contributed by atoms with Gasteiger partial charge in [-0.1, -0.05) is 0 Å². The van der Waals surface area contributed by atoms with E-state index in [1.54, 1.807) is 0 Å². The number of aromatic nitrogens is 2. The van der Waals surface area contributed by atoms with Crippen molar-refractivity contribution in [3.05, 3.63) is 18.1 Å². The van der Waals surface area contributed by atoms with E-state index in [0.717, 1.165) is 25.3 Å². The maximum Gasteiger partial charge on any atom is 0.127 e. The number of nitrogen functional groups attached to an aromatic ring is 1. The molecule has 0 bridgehead atoms. The second-order valence-corrected chi connectivity index (χ2v) is 2.93. The maximum atomic E-state index is 5.53. The maximum absolute atomic E-state index is 5.53. The van der Waals surface area contributed by atoms with Crippen molar-refractivity contribution in [3.8, 4) is 0 Å². The number of anilines is 1. The van der Waals surface area contributed by atoms with Crippen LogP contribution in [0.1, 0.15) is 18.0 Å². The summed E-state index contributed by atoms with van der Waals surface area (Å²) in [5.74, 6) is 0.946. The molecule has 64 valence electrons. The number of ether oxygens (including phenoxy) is 1. The van der Waals surface area contributed by atoms with Crippen molar-refractivity contribution in [2.75, 3.05) is 18.9 Å². The number of nitrogens with two attached hydrogens (primary N) is 1. The number of hydrogen-bond acceptors (Lipinski definition) is 4. The van der Waals surface area contributed by atoms with E-state index in [0.29, 0.717) is 11.7 Å². The Morgan fingerprint density at radius 2 is 2.42 bits per heavy atom. The molecule has 0 amide bonds. The molecule has 1 aliphatic rings. The fourth-order valence-corrected chi connectivity index (χ4v) is 1.38. The van der Waals surface area contributed by atoms with Crippen LogP contribution in [0.25, 0.3) is 0 Å². The molecule has 1 fully saturated rings. The summed E-state index contributed by atoms with van der Waals surface area (Å²) in [6.07, 6.45) is 2.54. The highest BCUT2D eigenvalue weighted by Crippen LogP contribution is 2.23. The van der Waals surface area contributed by atoms with Gasteiger partial charge in [0, 0.05) is 18.6 Å². The van der Waals surface area contributed by atoms with E-state index in [4.69, 9.17) is 10.5 Å². The molecule has 0 saturated carbocycles. The lowest BCUT2D eigenvalue weighted by molar-refractivity contribution is 0.193. The van der Waals surface area contributed by atoms with Gasteiger partial charge in [0.1, 0.15) is 12.1 Å². The Bertz CT molecular complexity index is 271. The van der Waals surface area contributed by atoms with Gasteiger partial charge in [-0.3, -0.25) is 0 Å². The molecule has 1 aliphatic heterocycles. The van der Waals surface area contributed by atoms with Crippen molar-refractivity contribution in [2.45, 2.75) is 12.3 Å². The fourth-order valence-electron chi connectivity index (χ4n) is 1.38. The molecule has 2 rings (SSSR count). The van der Waals surface area contributed by atoms with E-state index in [2.05, 4.69) is 9.97 Å². The molecule has 4 nitrogen and oxygen atoms in total. The predicted molar refractivity (Wildman–Crippen MR) is 44.6 cm³/mol. The van der Waals surface area contributed by atoms with Gasteiger partial charge in [0.05, 0.1) is 12.3 Å². The van der Waals surface area contributed by atoms with E-state index in [-0.39, 0.29) is 0 Å². The summed E-state index contributed by atoms with van der Waals surface area (Å²) in [7, 11) is 0. The summed E-state index contributed by atoms with van der Waals surface area (Å²) < 4.78 is 5.25. The lowest BCUT2D eigenvalue weighted by Crippen LogP contribution is -2.02. The van der Waals surface area contributed by atoms with Gasteiger partial charge in [-0.2, -0.15) is 0 Å². The topological polar surface area (TPSA) is 61.0 Å². The lowest BCUT2D eigenvalue weighted by atomic mass is 10.1. The highest BCUT2D eigenvalue weighted by Gasteiger charge is 2.18. The minimum Gasteiger partial charge on any atom is -0.384 e. The third-order valence-corrected chi connectivity index (χ3v) is 2.06. The first-order valence-electron chi connectivity index (χ1n) is 4.01. The first-order valence-corrected chi connectivity index (χ1v) is 4.01. The molecule has 1 aromatic heterocycles. The zero-order chi connectivity index (χ0) is 8.39. The van der Waals surface area contributed by atoms with Crippen LogP contribution in [0.15, 0.2) is 12.4 Å². The average molecular weight is 165 g/mol. The molecule has 0 radical (unpaired) electrons. The highest BCUT2D eigenvalue weighted by molar-refractivity contribution is 5.29. The van der Waals surface area contributed by atoms with Crippen molar-refractivity contribution in [2.24, 2.45) is 0 Å². The number of hydrogen-bond donors (Lipinski definition) is 1. The Hall–Kier alpha value is -1.16. The van der Waals surface area contributed by atoms with E-state index < -0.39 is 0 Å². The molecule has 2 N–H and O–H groups in total. The summed E-state index contributed by atoms with van der Waals surface area (Å²) >= 11 is 0. The van der Waals surface area contributed by atoms with Gasteiger partial charge in [0.25, 0.3) is 0 Å². The SMILES string of the molecule is Nc1cc(C2CCOC2)ncn1. The number of rotatable bonds is 1. The van der Waals surface area contributed by atoms with Crippen molar-refractivity contribution >= 4 is 5.82 Å². The van der Waals surface area contributed by atoms with Crippen LogP contribution in [0.3, 0.4) is 0 Å². The van der Waals surface area contributed by atoms with E-state index in [9.17, 15) is 0 Å². The van der Waals surface area contributed by atoms with Gasteiger partial charge in [-0.25, -0.2) is 9.97 Å². The molecule has 0 spiro atoms. The second kappa shape index (κ2) is 3.06. The van der Waals surface area contributed by atoms with E-state index in [1.807, 2.05) is 6.07 Å². The Morgan fingerprint density at radius 3 is 3.08 bits per heavy atom. The molecular formula is C8H11N3O. The smallest absolute Gasteiger partial charge is 0.127 e. The quantitative estimate of drug-likeness (QED) is 0.660. The van der Waals surface area contributed by atoms with Gasteiger partial charge in [-0.15, -0.1) is 0 Å². The Kier molecular flexibility index (Phi) is 1.91. The van der Waals surface area contributed by atoms with Crippen molar-refractivity contribution < 1.29 is 4.74 Å². The van der Waals surface area contributed by atoms with Crippen LogP contribution in [-0.2, 0) is 4.74 Å². The van der Waals surface area contributed by atoms with Crippen LogP contribution in [-0.4, -0.2) is 23.2 Å². The molecule has 12 heavy (non-hydrogen) atoms. The molecule has 0 aromatic carbocycles. The predicted octanol–water partition coefficient (Wildman–Crippen LogP) is 0.563. The third kappa shape index (κ3) is 1.38. The van der Waals surface area contributed by atoms with Crippen LogP contribution in [0.2, 0.25) is 0 Å². The Labute approximate surface area is 70.8 Å². The summed E-state index contributed by atoms with van der Waals surface area (Å²) in [6, 6.07) is 1.82. The molecule has 1 aromatic rings. The lowest BCUT2D eigenvalue weighted by Gasteiger charge is -2.05. The zero-order valence-electron chi connectivity index (χ0n) is 6.73. The van der Waals surface area contributed by atoms with Gasteiger partial charge in [0.2, 0.25) is 0 Å². The molecule has 1 atom stereocenters. The highest BCUT2D eigenvalue weighted by atomic mass is 16.5. The number of nitrogens with zero attached hydrogens (tertiary/aromatic N) is 2. The third-order valence-electron chi connectivity index (χ3n) is 2.06. The molecular weight excluding hydrogens is 154 g/mol. The van der Waals surface area contributed by atoms with Crippen molar-refractivity contribution in [1.29, 1.82) is 0 Å². The van der Waals surface area contributed by atoms with E-state index >= 15 is 0 Å². The normalized spacial score (nSPS) is 22.8. The van der Waals surface area contributed by atoms with Crippen LogP contribution in [0.5, 0.6) is 0 Å². The standard InChI is InChI=1S/C8H11N3O/c9-8-3-7(10-5-11-8)6-1-2-12-4-6/h3,5-6H,1-2,4H2,(H2,9,10,11). The zero-order valence-corrected chi connectivity index (χ0v) is 6.73. The average Bonchev–Trinajstić information content (AvgIpc) is 2.56. The molecule has 2 heterocycles. The molecule has 1 unspecified atom stereocenters. The minimum absolute atomic E-state index is 0.412. The van der Waals surface area contributed by atoms with Crippen LogP contribution in [0.4, 0.5) is 5.82 Å². The van der Waals surface area contributed by atoms with Crippen LogP contribution in [0, 0.1) is 0 Å².